The second-order valence-corrected chi connectivity index (χ2v) is 5.12. The van der Waals surface area contributed by atoms with Crippen LogP contribution in [0.5, 0.6) is 0 Å². The van der Waals surface area contributed by atoms with E-state index in [0.29, 0.717) is 18.0 Å². The normalized spacial score (nSPS) is 15.3. The average Bonchev–Trinajstić information content (AvgIpc) is 2.35. The van der Waals surface area contributed by atoms with Crippen molar-refractivity contribution in [3.63, 3.8) is 0 Å². The van der Waals surface area contributed by atoms with Crippen molar-refractivity contribution in [3.8, 4) is 0 Å². The van der Waals surface area contributed by atoms with Crippen molar-refractivity contribution in [2.24, 2.45) is 0 Å². The zero-order valence-corrected chi connectivity index (χ0v) is 11.0. The number of anilines is 1. The summed E-state index contributed by atoms with van der Waals surface area (Å²) >= 11 is 0. The van der Waals surface area contributed by atoms with E-state index in [1.165, 1.54) is 12.3 Å². The van der Waals surface area contributed by atoms with Gasteiger partial charge in [0.15, 0.2) is 5.82 Å². The van der Waals surface area contributed by atoms with E-state index in [9.17, 15) is 13.9 Å². The maximum atomic E-state index is 13.8. The third-order valence-electron chi connectivity index (χ3n) is 3.91. The van der Waals surface area contributed by atoms with E-state index >= 15 is 0 Å². The number of hydrogen-bond donors (Lipinski definition) is 1. The highest BCUT2D eigenvalue weighted by Gasteiger charge is 2.26. The summed E-state index contributed by atoms with van der Waals surface area (Å²) in [6, 6.07) is 4.25. The number of halogens is 2. The molecule has 20 heavy (non-hydrogen) atoms. The Kier molecular flexibility index (Phi) is 3.53. The summed E-state index contributed by atoms with van der Waals surface area (Å²) in [4.78, 5) is 6.03. The SMILES string of the molecule is OCCN(c1ccnc2c(F)cc(F)cc12)C1CCC1. The lowest BCUT2D eigenvalue weighted by Gasteiger charge is -2.39. The van der Waals surface area contributed by atoms with Crippen LogP contribution in [-0.4, -0.2) is 29.3 Å². The van der Waals surface area contributed by atoms with Gasteiger partial charge in [-0.1, -0.05) is 0 Å². The van der Waals surface area contributed by atoms with Gasteiger partial charge in [-0.15, -0.1) is 0 Å². The van der Waals surface area contributed by atoms with Crippen LogP contribution in [-0.2, 0) is 0 Å². The molecular formula is C15H16F2N2O. The van der Waals surface area contributed by atoms with Crippen molar-refractivity contribution in [3.05, 3.63) is 36.0 Å². The van der Waals surface area contributed by atoms with E-state index < -0.39 is 11.6 Å². The average molecular weight is 278 g/mol. The summed E-state index contributed by atoms with van der Waals surface area (Å²) in [5.74, 6) is -1.26. The first-order valence-electron chi connectivity index (χ1n) is 6.82. The molecule has 1 saturated carbocycles. The van der Waals surface area contributed by atoms with Crippen molar-refractivity contribution in [2.45, 2.75) is 25.3 Å². The van der Waals surface area contributed by atoms with Crippen LogP contribution < -0.4 is 4.90 Å². The van der Waals surface area contributed by atoms with Crippen molar-refractivity contribution in [2.75, 3.05) is 18.1 Å². The standard InChI is InChI=1S/C15H16F2N2O/c16-10-8-12-14(4-5-18-15(12)13(17)9-10)19(6-7-20)11-2-1-3-11/h4-5,8-9,11,20H,1-3,6-7H2. The minimum absolute atomic E-state index is 0.0120. The minimum atomic E-state index is -0.653. The van der Waals surface area contributed by atoms with Crippen LogP contribution in [0.25, 0.3) is 10.9 Å². The molecule has 1 N–H and O–H groups in total. The Morgan fingerprint density at radius 1 is 1.30 bits per heavy atom. The molecule has 3 nitrogen and oxygen atoms in total. The molecule has 1 fully saturated rings. The molecule has 1 heterocycles. The number of benzene rings is 1. The summed E-state index contributed by atoms with van der Waals surface area (Å²) in [6.07, 6.45) is 4.77. The Morgan fingerprint density at radius 2 is 2.10 bits per heavy atom. The maximum absolute atomic E-state index is 13.8. The van der Waals surface area contributed by atoms with Crippen molar-refractivity contribution in [1.82, 2.24) is 4.98 Å². The zero-order chi connectivity index (χ0) is 14.1. The number of aliphatic hydroxyl groups excluding tert-OH is 1. The van der Waals surface area contributed by atoms with Crippen molar-refractivity contribution < 1.29 is 13.9 Å². The van der Waals surface area contributed by atoms with E-state index in [-0.39, 0.29) is 12.1 Å². The third kappa shape index (κ3) is 2.22. The fourth-order valence-electron chi connectivity index (χ4n) is 2.72. The van der Waals surface area contributed by atoms with Crippen molar-refractivity contribution >= 4 is 16.6 Å². The highest BCUT2D eigenvalue weighted by Crippen LogP contribution is 2.34. The highest BCUT2D eigenvalue weighted by molar-refractivity contribution is 5.92. The molecule has 0 unspecified atom stereocenters. The molecule has 1 aromatic heterocycles. The van der Waals surface area contributed by atoms with Crippen LogP contribution in [0.4, 0.5) is 14.5 Å². The zero-order valence-electron chi connectivity index (χ0n) is 11.0. The number of rotatable bonds is 4. The Labute approximate surface area is 115 Å². The van der Waals surface area contributed by atoms with Gasteiger partial charge in [0.05, 0.1) is 6.61 Å². The van der Waals surface area contributed by atoms with Crippen LogP contribution in [0, 0.1) is 11.6 Å². The molecule has 1 aliphatic rings. The van der Waals surface area contributed by atoms with Crippen LogP contribution in [0.1, 0.15) is 19.3 Å². The van der Waals surface area contributed by atoms with Gasteiger partial charge in [0.25, 0.3) is 0 Å². The van der Waals surface area contributed by atoms with Gasteiger partial charge in [-0.25, -0.2) is 8.78 Å². The topological polar surface area (TPSA) is 36.4 Å². The Bertz CT molecular complexity index is 629. The molecule has 1 aromatic carbocycles. The van der Waals surface area contributed by atoms with Crippen molar-refractivity contribution in [1.29, 1.82) is 0 Å². The molecule has 2 aromatic rings. The van der Waals surface area contributed by atoms with Gasteiger partial charge in [0.2, 0.25) is 0 Å². The van der Waals surface area contributed by atoms with Gasteiger partial charge < -0.3 is 10.0 Å². The Morgan fingerprint density at radius 3 is 2.75 bits per heavy atom. The second-order valence-electron chi connectivity index (χ2n) is 5.12. The lowest BCUT2D eigenvalue weighted by Crippen LogP contribution is -2.42. The van der Waals surface area contributed by atoms with Crippen LogP contribution in [0.15, 0.2) is 24.4 Å². The molecule has 3 rings (SSSR count). The Hall–Kier alpha value is -1.75. The summed E-state index contributed by atoms with van der Waals surface area (Å²) in [7, 11) is 0. The Balaban J connectivity index is 2.13. The maximum Gasteiger partial charge on any atom is 0.152 e. The first-order chi connectivity index (χ1) is 9.70. The molecular weight excluding hydrogens is 262 g/mol. The number of pyridine rings is 1. The van der Waals surface area contributed by atoms with Gasteiger partial charge in [0.1, 0.15) is 11.3 Å². The van der Waals surface area contributed by atoms with Crippen LogP contribution in [0.2, 0.25) is 0 Å². The van der Waals surface area contributed by atoms with Gasteiger partial charge in [-0.3, -0.25) is 4.98 Å². The number of fused-ring (bicyclic) bond motifs is 1. The predicted octanol–water partition coefficient (Wildman–Crippen LogP) is 2.86. The number of aromatic nitrogens is 1. The number of nitrogens with zero attached hydrogens (tertiary/aromatic N) is 2. The molecule has 0 bridgehead atoms. The molecule has 5 heteroatoms. The highest BCUT2D eigenvalue weighted by atomic mass is 19.1. The first-order valence-corrected chi connectivity index (χ1v) is 6.82. The summed E-state index contributed by atoms with van der Waals surface area (Å²) < 4.78 is 27.3. The molecule has 0 saturated heterocycles. The fourth-order valence-corrected chi connectivity index (χ4v) is 2.72. The molecule has 0 atom stereocenters. The first kappa shape index (κ1) is 13.2. The number of aliphatic hydroxyl groups is 1. The van der Waals surface area contributed by atoms with E-state index in [1.807, 2.05) is 4.90 Å². The minimum Gasteiger partial charge on any atom is -0.395 e. The molecule has 0 amide bonds. The molecule has 0 aliphatic heterocycles. The smallest absolute Gasteiger partial charge is 0.152 e. The molecule has 0 spiro atoms. The largest absolute Gasteiger partial charge is 0.395 e. The van der Waals surface area contributed by atoms with Gasteiger partial charge in [-0.05, 0) is 31.4 Å². The molecule has 106 valence electrons. The predicted molar refractivity (Wildman–Crippen MR) is 73.7 cm³/mol. The van der Waals surface area contributed by atoms with Crippen LogP contribution >= 0.6 is 0 Å². The van der Waals surface area contributed by atoms with E-state index in [0.717, 1.165) is 31.0 Å². The van der Waals surface area contributed by atoms with Gasteiger partial charge in [-0.2, -0.15) is 0 Å². The molecule has 1 aliphatic carbocycles. The third-order valence-corrected chi connectivity index (χ3v) is 3.91. The monoisotopic (exact) mass is 278 g/mol. The summed E-state index contributed by atoms with van der Waals surface area (Å²) in [5, 5.41) is 9.71. The van der Waals surface area contributed by atoms with E-state index in [1.54, 1.807) is 6.07 Å². The lowest BCUT2D eigenvalue weighted by atomic mass is 9.90. The lowest BCUT2D eigenvalue weighted by molar-refractivity contribution is 0.284. The van der Waals surface area contributed by atoms with Gasteiger partial charge in [0, 0.05) is 35.9 Å². The second kappa shape index (κ2) is 5.32. The quantitative estimate of drug-likeness (QED) is 0.934. The van der Waals surface area contributed by atoms with E-state index in [4.69, 9.17) is 0 Å². The van der Waals surface area contributed by atoms with Gasteiger partial charge >= 0.3 is 0 Å². The molecule has 0 radical (unpaired) electrons. The summed E-state index contributed by atoms with van der Waals surface area (Å²) in [5.41, 5.74) is 0.915. The fraction of sp³-hybridized carbons (Fsp3) is 0.400. The number of hydrogen-bond acceptors (Lipinski definition) is 3. The van der Waals surface area contributed by atoms with E-state index in [2.05, 4.69) is 4.98 Å². The summed E-state index contributed by atoms with van der Waals surface area (Å²) in [6.45, 7) is 0.472. The van der Waals surface area contributed by atoms with Crippen LogP contribution in [0.3, 0.4) is 0 Å².